The largest absolute Gasteiger partial charge is 0.323 e. The van der Waals surface area contributed by atoms with Gasteiger partial charge in [0, 0.05) is 11.4 Å². The second kappa shape index (κ2) is 5.66. The normalized spacial score (nSPS) is 15.6. The molecule has 1 aliphatic carbocycles. The van der Waals surface area contributed by atoms with Crippen LogP contribution < -0.4 is 5.56 Å². The lowest BCUT2D eigenvalue weighted by Crippen LogP contribution is -2.22. The Morgan fingerprint density at radius 1 is 1.45 bits per heavy atom. The van der Waals surface area contributed by atoms with Gasteiger partial charge < -0.3 is 4.98 Å². The zero-order valence-corrected chi connectivity index (χ0v) is 13.2. The fraction of sp³-hybridized carbons (Fsp3) is 0.467. The number of H-pyrrole nitrogens is 1. The van der Waals surface area contributed by atoms with Crippen LogP contribution in [0.4, 0.5) is 0 Å². The number of allylic oxidation sites excluding steroid dienone is 2. The van der Waals surface area contributed by atoms with Gasteiger partial charge >= 0.3 is 0 Å². The fourth-order valence-electron chi connectivity index (χ4n) is 2.76. The number of hydrogen-bond acceptors (Lipinski definition) is 3. The molecule has 106 valence electrons. The minimum absolute atomic E-state index is 0.0458. The summed E-state index contributed by atoms with van der Waals surface area (Å²) in [4.78, 5) is 17.7. The van der Waals surface area contributed by atoms with Gasteiger partial charge in [-0.1, -0.05) is 11.6 Å². The van der Waals surface area contributed by atoms with Crippen molar-refractivity contribution in [1.29, 1.82) is 0 Å². The summed E-state index contributed by atoms with van der Waals surface area (Å²) < 4.78 is 2.25. The Morgan fingerprint density at radius 3 is 3.05 bits per heavy atom. The molecule has 20 heavy (non-hydrogen) atoms. The van der Waals surface area contributed by atoms with Gasteiger partial charge in [0.1, 0.15) is 4.83 Å². The van der Waals surface area contributed by atoms with E-state index in [4.69, 9.17) is 12.2 Å². The number of hydrogen-bond donors (Lipinski definition) is 1. The van der Waals surface area contributed by atoms with E-state index in [9.17, 15) is 4.79 Å². The molecule has 0 aliphatic heterocycles. The van der Waals surface area contributed by atoms with E-state index in [-0.39, 0.29) is 5.56 Å². The molecule has 0 unspecified atom stereocenters. The molecule has 2 heterocycles. The standard InChI is InChI=1S/C15H18N2OS2/c1-10-9-12-13(20-10)16-15(19)17(14(12)18)8-7-11-5-3-2-4-6-11/h5,9H,2-4,6-8H2,1H3,(H,16,19). The molecule has 5 heteroatoms. The van der Waals surface area contributed by atoms with E-state index in [0.29, 0.717) is 11.3 Å². The lowest BCUT2D eigenvalue weighted by Gasteiger charge is -2.13. The second-order valence-corrected chi connectivity index (χ2v) is 6.99. The first kappa shape index (κ1) is 13.8. The summed E-state index contributed by atoms with van der Waals surface area (Å²) in [6.45, 7) is 2.70. The van der Waals surface area contributed by atoms with Crippen molar-refractivity contribution in [2.45, 2.75) is 45.6 Å². The van der Waals surface area contributed by atoms with Gasteiger partial charge in [-0.2, -0.15) is 0 Å². The third kappa shape index (κ3) is 2.65. The summed E-state index contributed by atoms with van der Waals surface area (Å²) in [5.41, 5.74) is 1.52. The molecular weight excluding hydrogens is 288 g/mol. The molecule has 0 fully saturated rings. The van der Waals surface area contributed by atoms with Crippen molar-refractivity contribution in [3.8, 4) is 0 Å². The van der Waals surface area contributed by atoms with Crippen molar-refractivity contribution in [3.63, 3.8) is 0 Å². The molecule has 3 nitrogen and oxygen atoms in total. The summed E-state index contributed by atoms with van der Waals surface area (Å²) in [5, 5.41) is 0.763. The maximum Gasteiger partial charge on any atom is 0.263 e. The minimum Gasteiger partial charge on any atom is -0.323 e. The number of aromatic amines is 1. The molecule has 0 atom stereocenters. The Morgan fingerprint density at radius 2 is 2.30 bits per heavy atom. The molecule has 0 bridgehead atoms. The van der Waals surface area contributed by atoms with E-state index in [2.05, 4.69) is 11.1 Å². The van der Waals surface area contributed by atoms with E-state index < -0.39 is 0 Å². The number of nitrogens with one attached hydrogen (secondary N) is 1. The molecule has 1 aliphatic rings. The number of fused-ring (bicyclic) bond motifs is 1. The van der Waals surface area contributed by atoms with Gasteiger partial charge in [-0.3, -0.25) is 9.36 Å². The van der Waals surface area contributed by atoms with Crippen molar-refractivity contribution in [1.82, 2.24) is 9.55 Å². The monoisotopic (exact) mass is 306 g/mol. The van der Waals surface area contributed by atoms with E-state index in [0.717, 1.165) is 21.5 Å². The van der Waals surface area contributed by atoms with Gasteiger partial charge in [0.15, 0.2) is 4.77 Å². The predicted octanol–water partition coefficient (Wildman–Crippen LogP) is 4.32. The van der Waals surface area contributed by atoms with Crippen LogP contribution in [0.15, 0.2) is 22.5 Å². The first-order chi connectivity index (χ1) is 9.65. The zero-order valence-electron chi connectivity index (χ0n) is 11.6. The van der Waals surface area contributed by atoms with E-state index in [1.807, 2.05) is 13.0 Å². The zero-order chi connectivity index (χ0) is 14.1. The highest BCUT2D eigenvalue weighted by atomic mass is 32.1. The van der Waals surface area contributed by atoms with Crippen LogP contribution in [-0.2, 0) is 6.54 Å². The quantitative estimate of drug-likeness (QED) is 0.677. The maximum absolute atomic E-state index is 12.5. The molecule has 0 saturated carbocycles. The van der Waals surface area contributed by atoms with Gasteiger partial charge in [-0.15, -0.1) is 11.3 Å². The summed E-state index contributed by atoms with van der Waals surface area (Å²) in [5.74, 6) is 0. The number of thiophene rings is 1. The summed E-state index contributed by atoms with van der Waals surface area (Å²) in [6, 6.07) is 1.95. The Kier molecular flexibility index (Phi) is 3.89. The summed E-state index contributed by atoms with van der Waals surface area (Å²) in [6.07, 6.45) is 8.19. The van der Waals surface area contributed by atoms with Gasteiger partial charge in [0.2, 0.25) is 0 Å². The van der Waals surface area contributed by atoms with Crippen molar-refractivity contribution < 1.29 is 0 Å². The van der Waals surface area contributed by atoms with Gasteiger partial charge in [-0.25, -0.2) is 0 Å². The van der Waals surface area contributed by atoms with Gasteiger partial charge in [-0.05, 0) is 57.3 Å². The molecule has 0 spiro atoms. The van der Waals surface area contributed by atoms with Crippen molar-refractivity contribution in [3.05, 3.63) is 37.7 Å². The Hall–Kier alpha value is -1.20. The van der Waals surface area contributed by atoms with Crippen molar-refractivity contribution in [2.75, 3.05) is 0 Å². The number of nitrogens with zero attached hydrogens (tertiary/aromatic N) is 1. The van der Waals surface area contributed by atoms with Crippen LogP contribution in [0, 0.1) is 11.7 Å². The average molecular weight is 306 g/mol. The SMILES string of the molecule is Cc1cc2c(=O)n(CCC3=CCCCC3)c(=S)[nH]c2s1. The molecule has 0 amide bonds. The first-order valence-electron chi connectivity index (χ1n) is 7.06. The van der Waals surface area contributed by atoms with Crippen LogP contribution in [0.3, 0.4) is 0 Å². The lowest BCUT2D eigenvalue weighted by molar-refractivity contribution is 0.606. The van der Waals surface area contributed by atoms with Crippen LogP contribution in [0.25, 0.3) is 10.2 Å². The molecule has 2 aromatic rings. The fourth-order valence-corrected chi connectivity index (χ4v) is 4.00. The molecular formula is C15H18N2OS2. The molecule has 1 N–H and O–H groups in total. The molecule has 0 saturated heterocycles. The summed E-state index contributed by atoms with van der Waals surface area (Å²) in [7, 11) is 0. The van der Waals surface area contributed by atoms with E-state index in [1.54, 1.807) is 15.9 Å². The Labute approximate surface area is 127 Å². The van der Waals surface area contributed by atoms with Crippen LogP contribution in [0.5, 0.6) is 0 Å². The number of rotatable bonds is 3. The average Bonchev–Trinajstić information content (AvgIpc) is 2.80. The smallest absolute Gasteiger partial charge is 0.263 e. The highest BCUT2D eigenvalue weighted by molar-refractivity contribution is 7.71. The van der Waals surface area contributed by atoms with Crippen LogP contribution in [0.2, 0.25) is 0 Å². The van der Waals surface area contributed by atoms with Gasteiger partial charge in [0.25, 0.3) is 5.56 Å². The van der Waals surface area contributed by atoms with Crippen molar-refractivity contribution in [2.24, 2.45) is 0 Å². The van der Waals surface area contributed by atoms with Crippen LogP contribution in [0.1, 0.15) is 37.0 Å². The highest BCUT2D eigenvalue weighted by Gasteiger charge is 2.10. The van der Waals surface area contributed by atoms with Crippen LogP contribution >= 0.6 is 23.6 Å². The minimum atomic E-state index is 0.0458. The van der Waals surface area contributed by atoms with Gasteiger partial charge in [0.05, 0.1) is 5.39 Å². The first-order valence-corrected chi connectivity index (χ1v) is 8.29. The summed E-state index contributed by atoms with van der Waals surface area (Å²) >= 11 is 6.93. The Bertz CT molecular complexity index is 779. The number of aromatic nitrogens is 2. The Balaban J connectivity index is 1.93. The number of aryl methyl sites for hydroxylation is 1. The third-order valence-corrected chi connectivity index (χ3v) is 5.13. The molecule has 0 radical (unpaired) electrons. The highest BCUT2D eigenvalue weighted by Crippen LogP contribution is 2.22. The predicted molar refractivity (Wildman–Crippen MR) is 87.2 cm³/mol. The third-order valence-electron chi connectivity index (χ3n) is 3.84. The van der Waals surface area contributed by atoms with Crippen LogP contribution in [-0.4, -0.2) is 9.55 Å². The second-order valence-electron chi connectivity index (χ2n) is 5.34. The van der Waals surface area contributed by atoms with E-state index >= 15 is 0 Å². The maximum atomic E-state index is 12.5. The molecule has 3 rings (SSSR count). The topological polar surface area (TPSA) is 37.8 Å². The molecule has 2 aromatic heterocycles. The lowest BCUT2D eigenvalue weighted by atomic mass is 9.97. The molecule has 0 aromatic carbocycles. The van der Waals surface area contributed by atoms with Crippen molar-refractivity contribution >= 4 is 33.8 Å². The van der Waals surface area contributed by atoms with E-state index in [1.165, 1.54) is 31.3 Å².